The van der Waals surface area contributed by atoms with E-state index in [0.717, 1.165) is 12.1 Å². The minimum absolute atomic E-state index is 0.0456. The van der Waals surface area contributed by atoms with Crippen LogP contribution in [-0.2, 0) is 22.5 Å². The van der Waals surface area contributed by atoms with Crippen molar-refractivity contribution in [3.63, 3.8) is 0 Å². The second-order valence-corrected chi connectivity index (χ2v) is 10.6. The van der Waals surface area contributed by atoms with Crippen molar-refractivity contribution in [3.8, 4) is 0 Å². The lowest BCUT2D eigenvalue weighted by atomic mass is 10.1. The van der Waals surface area contributed by atoms with E-state index in [9.17, 15) is 28.0 Å². The fourth-order valence-corrected chi connectivity index (χ4v) is 5.28. The van der Waals surface area contributed by atoms with Crippen LogP contribution in [0.25, 0.3) is 11.2 Å². The van der Waals surface area contributed by atoms with Crippen LogP contribution < -0.4 is 16.1 Å². The molecule has 226 valence electrons. The van der Waals surface area contributed by atoms with Crippen molar-refractivity contribution in [2.75, 3.05) is 32.1 Å². The monoisotopic (exact) mass is 595 g/mol. The maximum Gasteiger partial charge on any atom is 0.330 e. The molecule has 0 bridgehead atoms. The minimum Gasteiger partial charge on any atom is -0.376 e. The van der Waals surface area contributed by atoms with E-state index in [4.69, 9.17) is 4.74 Å². The molecule has 1 aliphatic rings. The van der Waals surface area contributed by atoms with Crippen molar-refractivity contribution in [2.24, 2.45) is 5.92 Å². The molecule has 14 heteroatoms. The molecule has 0 saturated carbocycles. The molecular weight excluding hydrogens is 564 g/mol. The van der Waals surface area contributed by atoms with E-state index in [0.29, 0.717) is 30.9 Å². The molecule has 0 radical (unpaired) electrons. The number of methoxy groups -OCH3 is 1. The zero-order chi connectivity index (χ0) is 30.8. The number of nitrogens with zero attached hydrogens (tertiary/aromatic N) is 5. The van der Waals surface area contributed by atoms with Crippen molar-refractivity contribution in [2.45, 2.75) is 38.8 Å². The van der Waals surface area contributed by atoms with E-state index in [1.54, 1.807) is 24.1 Å². The van der Waals surface area contributed by atoms with Crippen LogP contribution in [0.3, 0.4) is 0 Å². The van der Waals surface area contributed by atoms with Crippen molar-refractivity contribution in [3.05, 3.63) is 86.0 Å². The molecule has 1 saturated heterocycles. The number of aromatic amines is 2. The van der Waals surface area contributed by atoms with Gasteiger partial charge in [-0.3, -0.25) is 28.8 Å². The summed E-state index contributed by atoms with van der Waals surface area (Å²) in [5.74, 6) is -2.34. The minimum atomic E-state index is -1.15. The molecule has 2 amide bonds. The van der Waals surface area contributed by atoms with Gasteiger partial charge in [0.1, 0.15) is 17.2 Å². The molecule has 1 fully saturated rings. The number of pyridine rings is 1. The average Bonchev–Trinajstić information content (AvgIpc) is 3.56. The van der Waals surface area contributed by atoms with Crippen molar-refractivity contribution in [1.29, 1.82) is 0 Å². The second kappa shape index (κ2) is 12.3. The van der Waals surface area contributed by atoms with Gasteiger partial charge in [0, 0.05) is 64.3 Å². The maximum absolute atomic E-state index is 14.0. The second-order valence-electron chi connectivity index (χ2n) is 10.6. The third kappa shape index (κ3) is 6.09. The number of carbonyl (C=O) groups is 2. The number of hydrogen-bond donors (Lipinski definition) is 2. The Morgan fingerprint density at radius 2 is 1.95 bits per heavy atom. The Labute approximate surface area is 244 Å². The predicted octanol–water partition coefficient (Wildman–Crippen LogP) is 2.55. The highest BCUT2D eigenvalue weighted by molar-refractivity contribution is 6.05. The standard InChI is InChI=1S/C29H31F2N7O5/c1-4-9-37-26-25(27(40)35-29(37)42)33-22(34-26)12-21(43-3)18-6-8-23(32-13-18)38(15-16-10-24(39)36(2)14-16)28(41)17-5-7-19(30)20(31)11-17/h5-8,11,13,16,21H,4,9-10,12,14-15H2,1-3H3,(H,33,34)(H,35,40,42). The van der Waals surface area contributed by atoms with Crippen LogP contribution in [-0.4, -0.2) is 68.5 Å². The largest absolute Gasteiger partial charge is 0.376 e. The zero-order valence-corrected chi connectivity index (χ0v) is 23.9. The highest BCUT2D eigenvalue weighted by Gasteiger charge is 2.31. The Hall–Kier alpha value is -4.72. The Morgan fingerprint density at radius 3 is 2.58 bits per heavy atom. The smallest absolute Gasteiger partial charge is 0.330 e. The van der Waals surface area contributed by atoms with Crippen LogP contribution in [0.5, 0.6) is 0 Å². The van der Waals surface area contributed by atoms with Crippen LogP contribution in [0, 0.1) is 17.6 Å². The molecule has 12 nitrogen and oxygen atoms in total. The summed E-state index contributed by atoms with van der Waals surface area (Å²) in [6, 6.07) is 6.26. The Morgan fingerprint density at radius 1 is 1.16 bits per heavy atom. The van der Waals surface area contributed by atoms with Crippen molar-refractivity contribution in [1.82, 2.24) is 29.4 Å². The summed E-state index contributed by atoms with van der Waals surface area (Å²) in [7, 11) is 3.19. The summed E-state index contributed by atoms with van der Waals surface area (Å²) < 4.78 is 34.6. The van der Waals surface area contributed by atoms with Crippen LogP contribution >= 0.6 is 0 Å². The topological polar surface area (TPSA) is 146 Å². The number of rotatable bonds is 10. The summed E-state index contributed by atoms with van der Waals surface area (Å²) in [5, 5.41) is 0. The molecule has 43 heavy (non-hydrogen) atoms. The number of anilines is 1. The highest BCUT2D eigenvalue weighted by Crippen LogP contribution is 2.26. The summed E-state index contributed by atoms with van der Waals surface area (Å²) >= 11 is 0. The predicted molar refractivity (Wildman–Crippen MR) is 153 cm³/mol. The SMILES string of the molecule is CCCn1c(=O)[nH]c(=O)c2[nH]c(CC(OC)c3ccc(N(CC4CC(=O)N(C)C4)C(=O)c4ccc(F)c(F)c4)nc3)nc21. The summed E-state index contributed by atoms with van der Waals surface area (Å²) in [5.41, 5.74) is -0.0602. The van der Waals surface area contributed by atoms with E-state index in [-0.39, 0.29) is 53.8 Å². The lowest BCUT2D eigenvalue weighted by Gasteiger charge is -2.25. The maximum atomic E-state index is 14.0. The van der Waals surface area contributed by atoms with Gasteiger partial charge < -0.3 is 14.6 Å². The number of H-pyrrole nitrogens is 2. The fraction of sp³-hybridized carbons (Fsp3) is 0.379. The van der Waals surface area contributed by atoms with Gasteiger partial charge in [0.25, 0.3) is 11.5 Å². The number of halogens is 2. The van der Waals surface area contributed by atoms with Gasteiger partial charge in [-0.25, -0.2) is 23.5 Å². The Bertz CT molecular complexity index is 1780. The summed E-state index contributed by atoms with van der Waals surface area (Å²) in [6.45, 7) is 2.88. The quantitative estimate of drug-likeness (QED) is 0.287. The van der Waals surface area contributed by atoms with Crippen molar-refractivity contribution < 1.29 is 23.1 Å². The molecule has 2 N–H and O–H groups in total. The molecule has 0 spiro atoms. The van der Waals surface area contributed by atoms with Gasteiger partial charge in [-0.05, 0) is 36.2 Å². The van der Waals surface area contributed by atoms with Crippen molar-refractivity contribution >= 4 is 28.8 Å². The Balaban J connectivity index is 1.42. The van der Waals surface area contributed by atoms with Crippen LogP contribution in [0.4, 0.5) is 14.6 Å². The Kier molecular flexibility index (Phi) is 8.48. The lowest BCUT2D eigenvalue weighted by Crippen LogP contribution is -2.37. The number of amides is 2. The number of aryl methyl sites for hydroxylation is 1. The first kappa shape index (κ1) is 29.8. The van der Waals surface area contributed by atoms with Crippen LogP contribution in [0.15, 0.2) is 46.1 Å². The number of hydrogen-bond acceptors (Lipinski definition) is 7. The van der Waals surface area contributed by atoms with Gasteiger partial charge in [-0.1, -0.05) is 13.0 Å². The molecule has 2 atom stereocenters. The first-order chi connectivity index (χ1) is 20.6. The molecule has 1 aromatic carbocycles. The lowest BCUT2D eigenvalue weighted by molar-refractivity contribution is -0.126. The molecule has 3 aromatic heterocycles. The van der Waals surface area contributed by atoms with Gasteiger partial charge in [0.2, 0.25) is 5.91 Å². The molecular formula is C29H31F2N7O5. The van der Waals surface area contributed by atoms with Gasteiger partial charge in [0.05, 0.1) is 6.10 Å². The number of likely N-dealkylation sites (tertiary alicyclic amines) is 1. The number of aromatic nitrogens is 5. The number of imidazole rings is 1. The number of fused-ring (bicyclic) bond motifs is 1. The van der Waals surface area contributed by atoms with Gasteiger partial charge >= 0.3 is 5.69 Å². The average molecular weight is 596 g/mol. The first-order valence-electron chi connectivity index (χ1n) is 13.8. The molecule has 1 aliphatic heterocycles. The fourth-order valence-electron chi connectivity index (χ4n) is 5.28. The van der Waals surface area contributed by atoms with E-state index in [1.165, 1.54) is 28.8 Å². The molecule has 2 unspecified atom stereocenters. The van der Waals surface area contributed by atoms with E-state index < -0.39 is 34.9 Å². The normalized spacial score (nSPS) is 15.8. The third-order valence-electron chi connectivity index (χ3n) is 7.49. The summed E-state index contributed by atoms with van der Waals surface area (Å²) in [4.78, 5) is 67.5. The molecule has 5 rings (SSSR count). The van der Waals surface area contributed by atoms with Gasteiger partial charge in [0.15, 0.2) is 17.3 Å². The number of benzene rings is 1. The van der Waals surface area contributed by atoms with E-state index >= 15 is 0 Å². The summed E-state index contributed by atoms with van der Waals surface area (Å²) in [6.07, 6.45) is 2.12. The van der Waals surface area contributed by atoms with Crippen LogP contribution in [0.1, 0.15) is 47.6 Å². The van der Waals surface area contributed by atoms with Crippen LogP contribution in [0.2, 0.25) is 0 Å². The number of carbonyl (C=O) groups excluding carboxylic acids is 2. The van der Waals surface area contributed by atoms with E-state index in [2.05, 4.69) is 19.9 Å². The molecule has 0 aliphatic carbocycles. The van der Waals surface area contributed by atoms with Gasteiger partial charge in [-0.15, -0.1) is 0 Å². The van der Waals surface area contributed by atoms with E-state index in [1.807, 2.05) is 6.92 Å². The number of nitrogens with one attached hydrogen (secondary N) is 2. The van der Waals surface area contributed by atoms with Gasteiger partial charge in [-0.2, -0.15) is 0 Å². The highest BCUT2D eigenvalue weighted by atomic mass is 19.2. The molecule has 4 aromatic rings. The number of ether oxygens (including phenoxy) is 1. The third-order valence-corrected chi connectivity index (χ3v) is 7.49. The molecule has 4 heterocycles. The first-order valence-corrected chi connectivity index (χ1v) is 13.8. The zero-order valence-electron chi connectivity index (χ0n) is 23.9.